The van der Waals surface area contributed by atoms with Gasteiger partial charge in [0.25, 0.3) is 0 Å². The van der Waals surface area contributed by atoms with Crippen molar-refractivity contribution in [3.05, 3.63) is 29.3 Å². The van der Waals surface area contributed by atoms with Gasteiger partial charge in [-0.3, -0.25) is 9.59 Å². The molecule has 1 aromatic carbocycles. The number of hydrogen-bond donors (Lipinski definition) is 2. The van der Waals surface area contributed by atoms with Crippen molar-refractivity contribution in [2.24, 2.45) is 5.73 Å². The van der Waals surface area contributed by atoms with Gasteiger partial charge in [0, 0.05) is 23.7 Å². The minimum atomic E-state index is -0.415. The van der Waals surface area contributed by atoms with Gasteiger partial charge in [-0.25, -0.2) is 0 Å². The van der Waals surface area contributed by atoms with Gasteiger partial charge < -0.3 is 16.0 Å². The molecule has 2 amide bonds. The van der Waals surface area contributed by atoms with Crippen molar-refractivity contribution in [3.8, 4) is 0 Å². The van der Waals surface area contributed by atoms with E-state index >= 15 is 0 Å². The Bertz CT molecular complexity index is 537. The maximum atomic E-state index is 12.4. The Morgan fingerprint density at radius 2 is 1.88 bits per heavy atom. The van der Waals surface area contributed by atoms with Crippen LogP contribution in [0.4, 0.5) is 5.69 Å². The van der Waals surface area contributed by atoms with E-state index < -0.39 is 6.04 Å². The summed E-state index contributed by atoms with van der Waals surface area (Å²) < 4.78 is 0. The zero-order valence-electron chi connectivity index (χ0n) is 13.7. The number of anilines is 1. The molecule has 0 aromatic heterocycles. The lowest BCUT2D eigenvalue weighted by Crippen LogP contribution is -2.41. The Kier molecular flexibility index (Phi) is 9.11. The molecule has 2 rings (SSSR count). The Morgan fingerprint density at radius 3 is 2.54 bits per heavy atom. The van der Waals surface area contributed by atoms with Crippen molar-refractivity contribution in [2.75, 3.05) is 18.0 Å². The molecule has 1 saturated heterocycles. The zero-order valence-corrected chi connectivity index (χ0v) is 15.2. The van der Waals surface area contributed by atoms with Crippen molar-refractivity contribution < 1.29 is 9.59 Å². The van der Waals surface area contributed by atoms with Crippen LogP contribution >= 0.6 is 24.0 Å². The van der Waals surface area contributed by atoms with E-state index in [0.717, 1.165) is 31.4 Å². The smallest absolute Gasteiger partial charge is 0.249 e. The fourth-order valence-corrected chi connectivity index (χ4v) is 2.87. The molecule has 1 fully saturated rings. The number of halogens is 2. The van der Waals surface area contributed by atoms with Gasteiger partial charge in [0.1, 0.15) is 6.04 Å². The second kappa shape index (κ2) is 10.5. The molecule has 1 unspecified atom stereocenters. The lowest BCUT2D eigenvalue weighted by atomic mass is 10.1. The van der Waals surface area contributed by atoms with Crippen LogP contribution in [-0.4, -0.2) is 30.9 Å². The van der Waals surface area contributed by atoms with Crippen molar-refractivity contribution in [1.29, 1.82) is 0 Å². The summed E-state index contributed by atoms with van der Waals surface area (Å²) in [5.41, 5.74) is 6.25. The van der Waals surface area contributed by atoms with E-state index in [9.17, 15) is 9.59 Å². The summed E-state index contributed by atoms with van der Waals surface area (Å²) >= 11 is 5.87. The number of hydrogen-bond acceptors (Lipinski definition) is 3. The first-order valence-electron chi connectivity index (χ1n) is 8.18. The highest BCUT2D eigenvalue weighted by Gasteiger charge is 2.33. The van der Waals surface area contributed by atoms with Crippen LogP contribution < -0.4 is 16.0 Å². The van der Waals surface area contributed by atoms with E-state index in [0.29, 0.717) is 31.0 Å². The van der Waals surface area contributed by atoms with Crippen LogP contribution in [-0.2, 0) is 9.59 Å². The fourth-order valence-electron chi connectivity index (χ4n) is 2.74. The topological polar surface area (TPSA) is 75.4 Å². The third kappa shape index (κ3) is 5.96. The van der Waals surface area contributed by atoms with Crippen LogP contribution in [0.15, 0.2) is 24.3 Å². The minimum Gasteiger partial charge on any atom is -0.344 e. The van der Waals surface area contributed by atoms with E-state index in [1.54, 1.807) is 17.0 Å². The highest BCUT2D eigenvalue weighted by atomic mass is 35.5. The van der Waals surface area contributed by atoms with Gasteiger partial charge in [-0.1, -0.05) is 24.4 Å². The fraction of sp³-hybridized carbons (Fsp3) is 0.529. The van der Waals surface area contributed by atoms with Crippen molar-refractivity contribution in [1.82, 2.24) is 5.32 Å². The normalized spacial score (nSPS) is 16.8. The van der Waals surface area contributed by atoms with Gasteiger partial charge in [-0.2, -0.15) is 0 Å². The number of rotatable bonds is 8. The molecule has 0 aliphatic carbocycles. The second-order valence-electron chi connectivity index (χ2n) is 5.83. The van der Waals surface area contributed by atoms with Crippen molar-refractivity contribution in [3.63, 3.8) is 0 Å². The van der Waals surface area contributed by atoms with Crippen LogP contribution in [0.1, 0.15) is 38.5 Å². The molecule has 1 aliphatic heterocycles. The predicted molar refractivity (Wildman–Crippen MR) is 99.7 cm³/mol. The molecule has 1 aliphatic rings. The average molecular weight is 374 g/mol. The SMILES string of the molecule is Cl.NCCCCCCC(=O)NC1CCN(c2ccc(Cl)cc2)C1=O. The number of amides is 2. The van der Waals surface area contributed by atoms with Crippen molar-refractivity contribution >= 4 is 41.5 Å². The van der Waals surface area contributed by atoms with Crippen molar-refractivity contribution in [2.45, 2.75) is 44.6 Å². The van der Waals surface area contributed by atoms with E-state index in [1.807, 2.05) is 12.1 Å². The van der Waals surface area contributed by atoms with Crippen LogP contribution in [0.3, 0.4) is 0 Å². The minimum absolute atomic E-state index is 0. The Balaban J connectivity index is 0.00000288. The zero-order chi connectivity index (χ0) is 16.7. The van der Waals surface area contributed by atoms with Gasteiger partial charge in [0.05, 0.1) is 0 Å². The highest BCUT2D eigenvalue weighted by molar-refractivity contribution is 6.30. The third-order valence-corrected chi connectivity index (χ3v) is 4.29. The summed E-state index contributed by atoms with van der Waals surface area (Å²) in [5.74, 6) is -0.0992. The first kappa shape index (κ1) is 20.7. The summed E-state index contributed by atoms with van der Waals surface area (Å²) in [6.07, 6.45) is 5.00. The lowest BCUT2D eigenvalue weighted by molar-refractivity contribution is -0.126. The number of nitrogens with two attached hydrogens (primary N) is 1. The monoisotopic (exact) mass is 373 g/mol. The summed E-state index contributed by atoms with van der Waals surface area (Å²) in [4.78, 5) is 26.0. The van der Waals surface area contributed by atoms with Crippen LogP contribution in [0.25, 0.3) is 0 Å². The standard InChI is InChI=1S/C17H24ClN3O2.ClH/c18-13-6-8-14(9-7-13)21-12-10-15(17(21)23)20-16(22)5-3-1-2-4-11-19;/h6-9,15H,1-5,10-12,19H2,(H,20,22);1H. The summed E-state index contributed by atoms with van der Waals surface area (Å²) in [5, 5.41) is 3.49. The molecule has 1 aromatic rings. The molecule has 5 nitrogen and oxygen atoms in total. The molecule has 3 N–H and O–H groups in total. The maximum absolute atomic E-state index is 12.4. The molecule has 0 saturated carbocycles. The molecule has 0 bridgehead atoms. The van der Waals surface area contributed by atoms with Crippen LogP contribution in [0.5, 0.6) is 0 Å². The maximum Gasteiger partial charge on any atom is 0.249 e. The number of benzene rings is 1. The highest BCUT2D eigenvalue weighted by Crippen LogP contribution is 2.23. The second-order valence-corrected chi connectivity index (χ2v) is 6.26. The summed E-state index contributed by atoms with van der Waals surface area (Å²) in [6.45, 7) is 1.31. The molecule has 1 heterocycles. The first-order valence-corrected chi connectivity index (χ1v) is 8.56. The van der Waals surface area contributed by atoms with E-state index in [4.69, 9.17) is 17.3 Å². The number of carbonyl (C=O) groups is 2. The Hall–Kier alpha value is -1.30. The first-order chi connectivity index (χ1) is 11.1. The van der Waals surface area contributed by atoms with E-state index in [1.165, 1.54) is 0 Å². The molecule has 134 valence electrons. The van der Waals surface area contributed by atoms with Crippen LogP contribution in [0.2, 0.25) is 5.02 Å². The quantitative estimate of drug-likeness (QED) is 0.687. The number of carbonyl (C=O) groups excluding carboxylic acids is 2. The van der Waals surface area contributed by atoms with Gasteiger partial charge in [-0.15, -0.1) is 12.4 Å². The molecule has 0 radical (unpaired) electrons. The van der Waals surface area contributed by atoms with Gasteiger partial charge >= 0.3 is 0 Å². The molecule has 7 heteroatoms. The average Bonchev–Trinajstić information content (AvgIpc) is 2.89. The summed E-state index contributed by atoms with van der Waals surface area (Å²) in [7, 11) is 0. The molecular weight excluding hydrogens is 349 g/mol. The number of unbranched alkanes of at least 4 members (excludes halogenated alkanes) is 3. The molecule has 0 spiro atoms. The third-order valence-electron chi connectivity index (χ3n) is 4.04. The molecular formula is C17H25Cl2N3O2. The Morgan fingerprint density at radius 1 is 1.21 bits per heavy atom. The number of nitrogens with one attached hydrogen (secondary N) is 1. The molecule has 1 atom stereocenters. The predicted octanol–water partition coefficient (Wildman–Crippen LogP) is 2.89. The van der Waals surface area contributed by atoms with Gasteiger partial charge in [0.2, 0.25) is 11.8 Å². The van der Waals surface area contributed by atoms with Gasteiger partial charge in [-0.05, 0) is 50.1 Å². The summed E-state index contributed by atoms with van der Waals surface area (Å²) in [6, 6.07) is 6.75. The largest absolute Gasteiger partial charge is 0.344 e. The van der Waals surface area contributed by atoms with E-state index in [2.05, 4.69) is 5.32 Å². The number of nitrogens with zero attached hydrogens (tertiary/aromatic N) is 1. The molecule has 24 heavy (non-hydrogen) atoms. The Labute approximate surface area is 154 Å². The van der Waals surface area contributed by atoms with Gasteiger partial charge in [0.15, 0.2) is 0 Å². The lowest BCUT2D eigenvalue weighted by Gasteiger charge is -2.17. The van der Waals surface area contributed by atoms with E-state index in [-0.39, 0.29) is 24.2 Å². The van der Waals surface area contributed by atoms with Crippen LogP contribution in [0, 0.1) is 0 Å².